The van der Waals surface area contributed by atoms with E-state index in [9.17, 15) is 9.18 Å². The Hall–Kier alpha value is -2.21. The fourth-order valence-electron chi connectivity index (χ4n) is 2.51. The van der Waals surface area contributed by atoms with E-state index in [4.69, 9.17) is 4.42 Å². The predicted octanol–water partition coefficient (Wildman–Crippen LogP) is 4.14. The Morgan fingerprint density at radius 2 is 1.88 bits per heavy atom. The Labute approximate surface area is 154 Å². The van der Waals surface area contributed by atoms with Gasteiger partial charge in [0.25, 0.3) is 5.91 Å². The monoisotopic (exact) mass is 361 g/mol. The molecule has 0 saturated heterocycles. The Morgan fingerprint density at radius 1 is 1.19 bits per heavy atom. The molecule has 26 heavy (non-hydrogen) atoms. The van der Waals surface area contributed by atoms with Gasteiger partial charge in [-0.1, -0.05) is 26.0 Å². The van der Waals surface area contributed by atoms with Gasteiger partial charge in [-0.15, -0.1) is 0 Å². The average molecular weight is 361 g/mol. The Bertz CT molecular complexity index is 699. The van der Waals surface area contributed by atoms with Crippen LogP contribution in [0.25, 0.3) is 0 Å². The second-order valence-electron chi connectivity index (χ2n) is 6.70. The summed E-state index contributed by atoms with van der Waals surface area (Å²) in [6, 6.07) is 6.89. The van der Waals surface area contributed by atoms with Crippen molar-refractivity contribution >= 4 is 5.91 Å². The van der Waals surface area contributed by atoms with Gasteiger partial charge in [-0.05, 0) is 44.4 Å². The first-order valence-corrected chi connectivity index (χ1v) is 9.16. The van der Waals surface area contributed by atoms with Crippen LogP contribution in [0.2, 0.25) is 0 Å². The van der Waals surface area contributed by atoms with E-state index >= 15 is 0 Å². The summed E-state index contributed by atoms with van der Waals surface area (Å²) in [4.78, 5) is 18.7. The molecule has 0 radical (unpaired) electrons. The van der Waals surface area contributed by atoms with Crippen molar-refractivity contribution in [2.24, 2.45) is 0 Å². The normalized spacial score (nSPS) is 13.6. The van der Waals surface area contributed by atoms with E-state index in [1.54, 1.807) is 12.1 Å². The van der Waals surface area contributed by atoms with Crippen LogP contribution in [-0.2, 0) is 13.1 Å². The number of oxazole rings is 1. The van der Waals surface area contributed by atoms with Crippen LogP contribution >= 0.6 is 0 Å². The number of amides is 1. The van der Waals surface area contributed by atoms with Gasteiger partial charge in [0.05, 0.1) is 6.54 Å². The molecule has 2 atom stereocenters. The Morgan fingerprint density at radius 3 is 2.50 bits per heavy atom. The van der Waals surface area contributed by atoms with Gasteiger partial charge >= 0.3 is 0 Å². The van der Waals surface area contributed by atoms with E-state index < -0.39 is 0 Å². The van der Waals surface area contributed by atoms with Crippen molar-refractivity contribution in [3.05, 3.63) is 53.5 Å². The molecule has 1 heterocycles. The third-order valence-electron chi connectivity index (χ3n) is 4.63. The highest BCUT2D eigenvalue weighted by Gasteiger charge is 2.19. The maximum Gasteiger partial charge on any atom is 0.273 e. The van der Waals surface area contributed by atoms with Crippen LogP contribution < -0.4 is 5.32 Å². The summed E-state index contributed by atoms with van der Waals surface area (Å²) in [6.45, 7) is 9.35. The molecule has 0 fully saturated rings. The van der Waals surface area contributed by atoms with Crippen molar-refractivity contribution in [2.75, 3.05) is 0 Å². The minimum atomic E-state index is -0.242. The van der Waals surface area contributed by atoms with Crippen molar-refractivity contribution in [1.82, 2.24) is 15.2 Å². The molecule has 1 aromatic carbocycles. The Kier molecular flexibility index (Phi) is 7.33. The van der Waals surface area contributed by atoms with Crippen LogP contribution in [-0.4, -0.2) is 27.9 Å². The van der Waals surface area contributed by atoms with Crippen LogP contribution in [0.5, 0.6) is 0 Å². The number of hydrogen-bond acceptors (Lipinski definition) is 4. The summed E-state index contributed by atoms with van der Waals surface area (Å²) >= 11 is 0. The van der Waals surface area contributed by atoms with E-state index in [-0.39, 0.29) is 17.8 Å². The zero-order chi connectivity index (χ0) is 19.1. The van der Waals surface area contributed by atoms with E-state index in [2.05, 4.69) is 29.0 Å². The molecule has 0 aliphatic heterocycles. The third-order valence-corrected chi connectivity index (χ3v) is 4.63. The number of aromatic nitrogens is 1. The summed E-state index contributed by atoms with van der Waals surface area (Å²) < 4.78 is 18.6. The van der Waals surface area contributed by atoms with Gasteiger partial charge in [-0.3, -0.25) is 9.69 Å². The van der Waals surface area contributed by atoms with Crippen molar-refractivity contribution in [3.8, 4) is 0 Å². The molecule has 2 aromatic rings. The van der Waals surface area contributed by atoms with Gasteiger partial charge in [0, 0.05) is 18.6 Å². The molecule has 6 heteroatoms. The molecular weight excluding hydrogens is 333 g/mol. The van der Waals surface area contributed by atoms with Crippen LogP contribution in [0.4, 0.5) is 4.39 Å². The number of rotatable bonds is 9. The van der Waals surface area contributed by atoms with Crippen LogP contribution in [0.3, 0.4) is 0 Å². The molecule has 0 saturated carbocycles. The van der Waals surface area contributed by atoms with Crippen LogP contribution in [0, 0.1) is 5.82 Å². The number of hydrogen-bond donors (Lipinski definition) is 1. The van der Waals surface area contributed by atoms with Gasteiger partial charge in [-0.25, -0.2) is 9.37 Å². The van der Waals surface area contributed by atoms with Crippen LogP contribution in [0.15, 0.2) is 34.9 Å². The highest BCUT2D eigenvalue weighted by Crippen LogP contribution is 2.16. The molecular formula is C20H28FN3O2. The molecule has 2 rings (SSSR count). The number of carbonyl (C=O) groups is 1. The van der Waals surface area contributed by atoms with Crippen molar-refractivity contribution in [1.29, 1.82) is 0 Å². The fraction of sp³-hybridized carbons (Fsp3) is 0.500. The number of nitrogens with one attached hydrogen (secondary N) is 1. The number of carbonyl (C=O) groups excluding carboxylic acids is 1. The lowest BCUT2D eigenvalue weighted by Crippen LogP contribution is -2.33. The molecule has 0 aliphatic carbocycles. The molecule has 5 nitrogen and oxygen atoms in total. The lowest BCUT2D eigenvalue weighted by Gasteiger charge is -2.27. The smallest absolute Gasteiger partial charge is 0.273 e. The minimum absolute atomic E-state index is 0.0951. The molecule has 2 unspecified atom stereocenters. The van der Waals surface area contributed by atoms with Gasteiger partial charge in [0.15, 0.2) is 5.69 Å². The predicted molar refractivity (Wildman–Crippen MR) is 99.1 cm³/mol. The van der Waals surface area contributed by atoms with Crippen molar-refractivity contribution in [2.45, 2.75) is 65.7 Å². The Balaban J connectivity index is 2.06. The van der Waals surface area contributed by atoms with E-state index in [1.165, 1.54) is 18.4 Å². The molecule has 0 bridgehead atoms. The zero-order valence-electron chi connectivity index (χ0n) is 16.0. The zero-order valence-corrected chi connectivity index (χ0v) is 16.0. The van der Waals surface area contributed by atoms with Crippen molar-refractivity contribution in [3.63, 3.8) is 0 Å². The lowest BCUT2D eigenvalue weighted by atomic mass is 10.1. The quantitative estimate of drug-likeness (QED) is 0.729. The first-order chi connectivity index (χ1) is 12.4. The highest BCUT2D eigenvalue weighted by molar-refractivity contribution is 5.92. The van der Waals surface area contributed by atoms with Gasteiger partial charge in [0.2, 0.25) is 5.89 Å². The summed E-state index contributed by atoms with van der Waals surface area (Å²) in [6.07, 6.45) is 3.22. The van der Waals surface area contributed by atoms with E-state index in [0.29, 0.717) is 30.7 Å². The van der Waals surface area contributed by atoms with Gasteiger partial charge < -0.3 is 9.73 Å². The van der Waals surface area contributed by atoms with E-state index in [1.807, 2.05) is 13.8 Å². The van der Waals surface area contributed by atoms with Gasteiger partial charge in [0.1, 0.15) is 12.1 Å². The summed E-state index contributed by atoms with van der Waals surface area (Å²) in [7, 11) is 0. The first kappa shape index (κ1) is 20.1. The minimum Gasteiger partial charge on any atom is -0.447 e. The average Bonchev–Trinajstić information content (AvgIpc) is 3.10. The summed E-state index contributed by atoms with van der Waals surface area (Å²) in [5.74, 6) is 0.0400. The SMILES string of the molecule is CCC(C)NC(=O)c1coc(CN(Cc2ccc(F)cc2)C(C)CC)n1. The third kappa shape index (κ3) is 5.66. The highest BCUT2D eigenvalue weighted by atomic mass is 19.1. The molecule has 142 valence electrons. The summed E-state index contributed by atoms with van der Waals surface area (Å²) in [5.41, 5.74) is 1.32. The molecule has 1 amide bonds. The number of benzene rings is 1. The maximum absolute atomic E-state index is 13.1. The van der Waals surface area contributed by atoms with Crippen molar-refractivity contribution < 1.29 is 13.6 Å². The standard InChI is InChI=1S/C20H28FN3O2/c1-5-14(3)22-20(25)18-13-26-19(23-18)12-24(15(4)6-2)11-16-7-9-17(21)10-8-16/h7-10,13-15H,5-6,11-12H2,1-4H3,(H,22,25). The topological polar surface area (TPSA) is 58.4 Å². The maximum atomic E-state index is 13.1. The second-order valence-corrected chi connectivity index (χ2v) is 6.70. The first-order valence-electron chi connectivity index (χ1n) is 9.16. The molecule has 1 aromatic heterocycles. The number of halogens is 1. The summed E-state index contributed by atoms with van der Waals surface area (Å²) in [5, 5.41) is 2.88. The lowest BCUT2D eigenvalue weighted by molar-refractivity contribution is 0.0934. The largest absolute Gasteiger partial charge is 0.447 e. The molecule has 0 spiro atoms. The molecule has 0 aliphatic rings. The van der Waals surface area contributed by atoms with Gasteiger partial charge in [-0.2, -0.15) is 0 Å². The molecule has 1 N–H and O–H groups in total. The van der Waals surface area contributed by atoms with Crippen LogP contribution in [0.1, 0.15) is 62.5 Å². The van der Waals surface area contributed by atoms with E-state index in [0.717, 1.165) is 18.4 Å². The number of nitrogens with zero attached hydrogens (tertiary/aromatic N) is 2. The second kappa shape index (κ2) is 9.48. The fourth-order valence-corrected chi connectivity index (χ4v) is 2.51.